The quantitative estimate of drug-likeness (QED) is 0.591. The molecule has 0 aliphatic carbocycles. The average Bonchev–Trinajstić information content (AvgIpc) is 2.24. The lowest BCUT2D eigenvalue weighted by atomic mass is 10.2. The van der Waals surface area contributed by atoms with Gasteiger partial charge in [-0.25, -0.2) is 0 Å². The molecule has 0 unspecified atom stereocenters. The van der Waals surface area contributed by atoms with Gasteiger partial charge < -0.3 is 20.9 Å². The van der Waals surface area contributed by atoms with Gasteiger partial charge in [0.2, 0.25) is 5.79 Å². The van der Waals surface area contributed by atoms with Crippen molar-refractivity contribution in [2.45, 2.75) is 19.6 Å². The van der Waals surface area contributed by atoms with Crippen molar-refractivity contribution in [2.24, 2.45) is 0 Å². The molecule has 0 atom stereocenters. The molecule has 0 saturated carbocycles. The molecule has 70 valence electrons. The highest BCUT2D eigenvalue weighted by Gasteiger charge is 2.32. The average molecular weight is 180 g/mol. The van der Waals surface area contributed by atoms with E-state index in [2.05, 4.69) is 0 Å². The smallest absolute Gasteiger partial charge is 0.246 e. The van der Waals surface area contributed by atoms with Crippen LogP contribution >= 0.6 is 0 Å². The fraction of sp³-hybridized carbons (Fsp3) is 0.333. The number of rotatable bonds is 0. The van der Waals surface area contributed by atoms with Crippen molar-refractivity contribution in [1.29, 1.82) is 0 Å². The fourth-order valence-electron chi connectivity index (χ4n) is 1.30. The lowest BCUT2D eigenvalue weighted by Crippen LogP contribution is -2.29. The molecule has 0 aromatic heterocycles. The van der Waals surface area contributed by atoms with Crippen molar-refractivity contribution in [3.8, 4) is 11.5 Å². The lowest BCUT2D eigenvalue weighted by Gasteiger charge is -2.16. The summed E-state index contributed by atoms with van der Waals surface area (Å²) in [6.45, 7) is 3.67. The molecule has 1 aliphatic rings. The Morgan fingerprint density at radius 1 is 1.00 bits per heavy atom. The number of fused-ring (bicyclic) bond motifs is 1. The van der Waals surface area contributed by atoms with Gasteiger partial charge >= 0.3 is 0 Å². The number of ether oxygens (including phenoxy) is 2. The van der Waals surface area contributed by atoms with Gasteiger partial charge in [0, 0.05) is 26.0 Å². The van der Waals surface area contributed by atoms with Crippen molar-refractivity contribution in [1.82, 2.24) is 0 Å². The van der Waals surface area contributed by atoms with E-state index in [1.54, 1.807) is 12.1 Å². The van der Waals surface area contributed by atoms with E-state index in [-0.39, 0.29) is 0 Å². The maximum atomic E-state index is 5.62. The molecule has 1 heterocycles. The molecule has 13 heavy (non-hydrogen) atoms. The van der Waals surface area contributed by atoms with E-state index in [1.165, 1.54) is 0 Å². The second kappa shape index (κ2) is 2.22. The molecular formula is C9H12N2O2. The van der Waals surface area contributed by atoms with E-state index in [0.717, 1.165) is 0 Å². The topological polar surface area (TPSA) is 70.5 Å². The third-order valence-electron chi connectivity index (χ3n) is 1.86. The molecule has 4 nitrogen and oxygen atoms in total. The minimum absolute atomic E-state index is 0.514. The first-order valence-electron chi connectivity index (χ1n) is 4.05. The van der Waals surface area contributed by atoms with Gasteiger partial charge in [0.15, 0.2) is 11.5 Å². The van der Waals surface area contributed by atoms with Crippen LogP contribution in [0, 0.1) is 0 Å². The van der Waals surface area contributed by atoms with Crippen LogP contribution in [0.15, 0.2) is 12.1 Å². The van der Waals surface area contributed by atoms with Crippen LogP contribution < -0.4 is 20.9 Å². The van der Waals surface area contributed by atoms with Crippen LogP contribution in [-0.4, -0.2) is 5.79 Å². The first kappa shape index (κ1) is 8.04. The zero-order valence-corrected chi connectivity index (χ0v) is 7.63. The molecule has 0 radical (unpaired) electrons. The summed E-state index contributed by atoms with van der Waals surface area (Å²) in [5.41, 5.74) is 12.3. The van der Waals surface area contributed by atoms with Gasteiger partial charge in [-0.3, -0.25) is 0 Å². The van der Waals surface area contributed by atoms with Crippen LogP contribution in [0.5, 0.6) is 11.5 Å². The van der Waals surface area contributed by atoms with Crippen LogP contribution in [0.4, 0.5) is 11.4 Å². The standard InChI is InChI=1S/C9H12N2O2/c1-9(2)12-7-3-5(10)6(11)4-8(7)13-9/h3-4H,10-11H2,1-2H3. The summed E-state index contributed by atoms with van der Waals surface area (Å²) in [4.78, 5) is 0. The highest BCUT2D eigenvalue weighted by Crippen LogP contribution is 2.42. The SMILES string of the molecule is CC1(C)Oc2cc(N)c(N)cc2O1. The van der Waals surface area contributed by atoms with Crippen molar-refractivity contribution in [2.75, 3.05) is 11.5 Å². The maximum Gasteiger partial charge on any atom is 0.246 e. The number of anilines is 2. The predicted molar refractivity (Wildman–Crippen MR) is 50.6 cm³/mol. The zero-order valence-electron chi connectivity index (χ0n) is 7.63. The van der Waals surface area contributed by atoms with Gasteiger partial charge in [0.05, 0.1) is 11.4 Å². The van der Waals surface area contributed by atoms with E-state index in [0.29, 0.717) is 22.9 Å². The van der Waals surface area contributed by atoms with Crippen molar-refractivity contribution < 1.29 is 9.47 Å². The maximum absolute atomic E-state index is 5.62. The van der Waals surface area contributed by atoms with Crippen LogP contribution in [0.3, 0.4) is 0 Å². The van der Waals surface area contributed by atoms with Crippen LogP contribution in [0.25, 0.3) is 0 Å². The normalized spacial score (nSPS) is 17.4. The molecule has 1 aromatic carbocycles. The zero-order chi connectivity index (χ0) is 9.64. The summed E-state index contributed by atoms with van der Waals surface area (Å²) in [6, 6.07) is 3.36. The highest BCUT2D eigenvalue weighted by atomic mass is 16.7. The van der Waals surface area contributed by atoms with Gasteiger partial charge in [-0.1, -0.05) is 0 Å². The van der Waals surface area contributed by atoms with Crippen molar-refractivity contribution >= 4 is 11.4 Å². The van der Waals surface area contributed by atoms with Gasteiger partial charge in [-0.05, 0) is 0 Å². The summed E-state index contributed by atoms with van der Waals surface area (Å²) in [7, 11) is 0. The summed E-state index contributed by atoms with van der Waals surface area (Å²) >= 11 is 0. The summed E-state index contributed by atoms with van der Waals surface area (Å²) in [6.07, 6.45) is 0. The van der Waals surface area contributed by atoms with Crippen LogP contribution in [0.2, 0.25) is 0 Å². The Kier molecular flexibility index (Phi) is 1.37. The Morgan fingerprint density at radius 3 is 1.77 bits per heavy atom. The van der Waals surface area contributed by atoms with E-state index >= 15 is 0 Å². The second-order valence-electron chi connectivity index (χ2n) is 3.53. The number of nitrogen functional groups attached to an aromatic ring is 2. The molecular weight excluding hydrogens is 168 g/mol. The molecule has 0 amide bonds. The molecule has 0 spiro atoms. The Hall–Kier alpha value is -1.58. The Balaban J connectivity index is 2.48. The minimum Gasteiger partial charge on any atom is -0.449 e. The molecule has 0 saturated heterocycles. The number of nitrogens with two attached hydrogens (primary N) is 2. The summed E-state index contributed by atoms with van der Waals surface area (Å²) < 4.78 is 10.9. The number of hydrogen-bond donors (Lipinski definition) is 2. The Morgan fingerprint density at radius 2 is 1.38 bits per heavy atom. The Bertz CT molecular complexity index is 328. The van der Waals surface area contributed by atoms with Gasteiger partial charge in [0.25, 0.3) is 0 Å². The molecule has 4 N–H and O–H groups in total. The van der Waals surface area contributed by atoms with Gasteiger partial charge in [0.1, 0.15) is 0 Å². The van der Waals surface area contributed by atoms with Gasteiger partial charge in [-0.2, -0.15) is 0 Å². The molecule has 0 fully saturated rings. The van der Waals surface area contributed by atoms with E-state index in [4.69, 9.17) is 20.9 Å². The van der Waals surface area contributed by atoms with Gasteiger partial charge in [-0.15, -0.1) is 0 Å². The monoisotopic (exact) mass is 180 g/mol. The highest BCUT2D eigenvalue weighted by molar-refractivity contribution is 5.70. The van der Waals surface area contributed by atoms with E-state index in [1.807, 2.05) is 13.8 Å². The first-order valence-corrected chi connectivity index (χ1v) is 4.05. The third kappa shape index (κ3) is 1.24. The largest absolute Gasteiger partial charge is 0.449 e. The molecule has 1 aliphatic heterocycles. The summed E-state index contributed by atoms with van der Waals surface area (Å²) in [5, 5.41) is 0. The van der Waals surface area contributed by atoms with Crippen molar-refractivity contribution in [3.05, 3.63) is 12.1 Å². The summed E-state index contributed by atoms with van der Waals surface area (Å²) in [5.74, 6) is 0.677. The lowest BCUT2D eigenvalue weighted by molar-refractivity contribution is -0.0431. The van der Waals surface area contributed by atoms with Crippen molar-refractivity contribution in [3.63, 3.8) is 0 Å². The molecule has 2 rings (SSSR count). The van der Waals surface area contributed by atoms with Crippen LogP contribution in [0.1, 0.15) is 13.8 Å². The fourth-order valence-corrected chi connectivity index (χ4v) is 1.30. The molecule has 4 heteroatoms. The third-order valence-corrected chi connectivity index (χ3v) is 1.86. The van der Waals surface area contributed by atoms with E-state index in [9.17, 15) is 0 Å². The Labute approximate surface area is 76.4 Å². The van der Waals surface area contributed by atoms with E-state index < -0.39 is 5.79 Å². The van der Waals surface area contributed by atoms with Crippen LogP contribution in [-0.2, 0) is 0 Å². The molecule has 0 bridgehead atoms. The number of benzene rings is 1. The predicted octanol–water partition coefficient (Wildman–Crippen LogP) is 1.36. The second-order valence-corrected chi connectivity index (χ2v) is 3.53. The first-order chi connectivity index (χ1) is 5.98. The number of hydrogen-bond acceptors (Lipinski definition) is 4. The molecule has 1 aromatic rings. The minimum atomic E-state index is -0.622.